The number of aromatic nitrogens is 1. The zero-order valence-electron chi connectivity index (χ0n) is 19.4. The molecule has 7 nitrogen and oxygen atoms in total. The zero-order chi connectivity index (χ0) is 23.9. The number of anilines is 2. The molecule has 3 N–H and O–H groups in total. The minimum absolute atomic E-state index is 0.217. The fraction of sp³-hybridized carbons (Fsp3) is 0.222. The summed E-state index contributed by atoms with van der Waals surface area (Å²) in [5, 5.41) is 3.74. The van der Waals surface area contributed by atoms with Gasteiger partial charge in [-0.15, -0.1) is 0 Å². The number of benzene rings is 3. The third-order valence-electron chi connectivity index (χ3n) is 5.57. The van der Waals surface area contributed by atoms with Crippen LogP contribution < -0.4 is 15.8 Å². The van der Waals surface area contributed by atoms with Gasteiger partial charge in [-0.25, -0.2) is 4.79 Å². The molecular formula is C27H29N3O4. The van der Waals surface area contributed by atoms with E-state index in [1.807, 2.05) is 72.8 Å². The van der Waals surface area contributed by atoms with Crippen LogP contribution in [-0.4, -0.2) is 31.0 Å². The Bertz CT molecular complexity index is 1250. The Hall–Kier alpha value is -3.97. The first-order chi connectivity index (χ1) is 16.6. The number of methoxy groups -OCH3 is 1. The number of ether oxygens (including phenoxy) is 3. The van der Waals surface area contributed by atoms with Gasteiger partial charge in [0.05, 0.1) is 23.5 Å². The lowest BCUT2D eigenvalue weighted by molar-refractivity contribution is 0.146. The molecule has 1 heterocycles. The number of fused-ring (bicyclic) bond motifs is 1. The molecule has 0 bridgehead atoms. The van der Waals surface area contributed by atoms with E-state index in [9.17, 15) is 4.79 Å². The first-order valence-corrected chi connectivity index (χ1v) is 11.2. The third-order valence-corrected chi connectivity index (χ3v) is 5.57. The molecule has 0 atom stereocenters. The number of aryl methyl sites for hydroxylation is 1. The average molecular weight is 460 g/mol. The molecule has 4 aromatic rings. The smallest absolute Gasteiger partial charge is 0.411 e. The molecule has 176 valence electrons. The number of hydrogen-bond donors (Lipinski definition) is 2. The number of nitrogens with zero attached hydrogens (tertiary/aromatic N) is 1. The van der Waals surface area contributed by atoms with E-state index in [2.05, 4.69) is 16.8 Å². The van der Waals surface area contributed by atoms with Gasteiger partial charge in [0.25, 0.3) is 0 Å². The summed E-state index contributed by atoms with van der Waals surface area (Å²) < 4.78 is 18.3. The molecule has 0 saturated carbocycles. The summed E-state index contributed by atoms with van der Waals surface area (Å²) in [6.45, 7) is 4.06. The molecule has 3 aromatic carbocycles. The van der Waals surface area contributed by atoms with Gasteiger partial charge in [-0.2, -0.15) is 0 Å². The Balaban J connectivity index is 1.51. The van der Waals surface area contributed by atoms with E-state index in [0.29, 0.717) is 24.6 Å². The molecule has 1 aromatic heterocycles. The highest BCUT2D eigenvalue weighted by molar-refractivity contribution is 6.01. The number of carbonyl (C=O) groups excluding carboxylic acids is 1. The van der Waals surface area contributed by atoms with Crippen LogP contribution in [0, 0.1) is 0 Å². The topological polar surface area (TPSA) is 87.7 Å². The van der Waals surface area contributed by atoms with Crippen molar-refractivity contribution in [1.82, 2.24) is 4.57 Å². The van der Waals surface area contributed by atoms with Gasteiger partial charge in [0.2, 0.25) is 0 Å². The van der Waals surface area contributed by atoms with Gasteiger partial charge in [-0.1, -0.05) is 42.5 Å². The number of nitrogen functional groups attached to an aromatic ring is 1. The van der Waals surface area contributed by atoms with Crippen LogP contribution in [0.15, 0.2) is 72.8 Å². The Morgan fingerprint density at radius 1 is 1.00 bits per heavy atom. The summed E-state index contributed by atoms with van der Waals surface area (Å²) in [5.74, 6) is 0.775. The third kappa shape index (κ3) is 5.15. The largest absolute Gasteiger partial charge is 0.491 e. The summed E-state index contributed by atoms with van der Waals surface area (Å²) in [7, 11) is 1.65. The normalized spacial score (nSPS) is 10.9. The van der Waals surface area contributed by atoms with Gasteiger partial charge in [0.15, 0.2) is 0 Å². The van der Waals surface area contributed by atoms with Gasteiger partial charge < -0.3 is 24.5 Å². The van der Waals surface area contributed by atoms with E-state index in [0.717, 1.165) is 40.0 Å². The predicted molar refractivity (Wildman–Crippen MR) is 135 cm³/mol. The van der Waals surface area contributed by atoms with E-state index >= 15 is 0 Å². The van der Waals surface area contributed by atoms with E-state index in [1.165, 1.54) is 0 Å². The number of rotatable bonds is 9. The maximum atomic E-state index is 12.2. The summed E-state index contributed by atoms with van der Waals surface area (Å²) >= 11 is 0. The summed E-state index contributed by atoms with van der Waals surface area (Å²) in [6.07, 6.45) is -0.500. The Morgan fingerprint density at radius 2 is 1.76 bits per heavy atom. The van der Waals surface area contributed by atoms with Gasteiger partial charge in [-0.3, -0.25) is 5.32 Å². The van der Waals surface area contributed by atoms with Crippen LogP contribution in [-0.2, 0) is 22.6 Å². The van der Waals surface area contributed by atoms with Crippen molar-refractivity contribution in [3.05, 3.63) is 78.4 Å². The van der Waals surface area contributed by atoms with E-state index < -0.39 is 6.09 Å². The van der Waals surface area contributed by atoms with E-state index in [1.54, 1.807) is 7.11 Å². The first kappa shape index (κ1) is 23.2. The molecule has 0 radical (unpaired) electrons. The van der Waals surface area contributed by atoms with Crippen LogP contribution in [0.4, 0.5) is 16.2 Å². The van der Waals surface area contributed by atoms with Crippen molar-refractivity contribution >= 4 is 28.4 Å². The van der Waals surface area contributed by atoms with Crippen molar-refractivity contribution in [2.45, 2.75) is 20.1 Å². The van der Waals surface area contributed by atoms with Crippen LogP contribution >= 0.6 is 0 Å². The molecule has 0 aliphatic rings. The summed E-state index contributed by atoms with van der Waals surface area (Å²) in [6, 6.07) is 23.1. The lowest BCUT2D eigenvalue weighted by atomic mass is 10.1. The molecule has 0 spiro atoms. The van der Waals surface area contributed by atoms with Crippen LogP contribution in [0.1, 0.15) is 12.5 Å². The molecule has 34 heavy (non-hydrogen) atoms. The van der Waals surface area contributed by atoms with Crippen LogP contribution in [0.5, 0.6) is 5.75 Å². The molecule has 1 amide bonds. The SMILES string of the molecule is CCn1c(-c2ccc(NC(=O)OCc3ccccc3)cc2)c(N)c2ccc(OCCOC)cc21. The molecule has 4 rings (SSSR count). The van der Waals surface area contributed by atoms with Gasteiger partial charge in [-0.05, 0) is 36.8 Å². The molecule has 0 aliphatic heterocycles. The van der Waals surface area contributed by atoms with Crippen molar-refractivity contribution in [2.24, 2.45) is 0 Å². The molecule has 7 heteroatoms. The lowest BCUT2D eigenvalue weighted by Crippen LogP contribution is -2.13. The number of carbonyl (C=O) groups is 1. The van der Waals surface area contributed by atoms with Crippen molar-refractivity contribution in [3.63, 3.8) is 0 Å². The highest BCUT2D eigenvalue weighted by Crippen LogP contribution is 2.38. The van der Waals surface area contributed by atoms with Crippen LogP contribution in [0.3, 0.4) is 0 Å². The quantitative estimate of drug-likeness (QED) is 0.314. The van der Waals surface area contributed by atoms with Crippen molar-refractivity contribution < 1.29 is 19.0 Å². The Kier molecular flexibility index (Phi) is 7.34. The van der Waals surface area contributed by atoms with Crippen molar-refractivity contribution in [3.8, 4) is 17.0 Å². The summed E-state index contributed by atoms with van der Waals surface area (Å²) in [4.78, 5) is 12.2. The minimum Gasteiger partial charge on any atom is -0.491 e. The maximum Gasteiger partial charge on any atom is 0.411 e. The second kappa shape index (κ2) is 10.8. The Labute approximate surface area is 199 Å². The molecular weight excluding hydrogens is 430 g/mol. The highest BCUT2D eigenvalue weighted by Gasteiger charge is 2.17. The summed E-state index contributed by atoms with van der Waals surface area (Å²) in [5.41, 5.74) is 11.8. The number of nitrogens with two attached hydrogens (primary N) is 1. The number of hydrogen-bond acceptors (Lipinski definition) is 5. The number of nitrogens with one attached hydrogen (secondary N) is 1. The second-order valence-electron chi connectivity index (χ2n) is 7.79. The average Bonchev–Trinajstić information content (AvgIpc) is 3.15. The minimum atomic E-state index is -0.500. The van der Waals surface area contributed by atoms with Crippen molar-refractivity contribution in [1.29, 1.82) is 0 Å². The van der Waals surface area contributed by atoms with Gasteiger partial charge >= 0.3 is 6.09 Å². The van der Waals surface area contributed by atoms with E-state index in [4.69, 9.17) is 19.9 Å². The fourth-order valence-electron chi connectivity index (χ4n) is 3.92. The van der Waals surface area contributed by atoms with Gasteiger partial charge in [0.1, 0.15) is 19.0 Å². The monoisotopic (exact) mass is 459 g/mol. The molecule has 0 saturated heterocycles. The zero-order valence-corrected chi connectivity index (χ0v) is 19.4. The fourth-order valence-corrected chi connectivity index (χ4v) is 3.92. The molecule has 0 fully saturated rings. The Morgan fingerprint density at radius 3 is 2.47 bits per heavy atom. The molecule has 0 unspecified atom stereocenters. The van der Waals surface area contributed by atoms with Crippen LogP contribution in [0.2, 0.25) is 0 Å². The standard InChI is InChI=1S/C27H29N3O4/c1-3-30-24-17-22(33-16-15-32-2)13-14-23(24)25(28)26(30)20-9-11-21(12-10-20)29-27(31)34-18-19-7-5-4-6-8-19/h4-14,17H,3,15-16,18,28H2,1-2H3,(H,29,31). The number of amides is 1. The maximum absolute atomic E-state index is 12.2. The lowest BCUT2D eigenvalue weighted by Gasteiger charge is -2.11. The highest BCUT2D eigenvalue weighted by atomic mass is 16.5. The first-order valence-electron chi connectivity index (χ1n) is 11.2. The van der Waals surface area contributed by atoms with Crippen LogP contribution in [0.25, 0.3) is 22.2 Å². The second-order valence-corrected chi connectivity index (χ2v) is 7.79. The van der Waals surface area contributed by atoms with E-state index in [-0.39, 0.29) is 6.61 Å². The van der Waals surface area contributed by atoms with Gasteiger partial charge in [0, 0.05) is 36.4 Å². The van der Waals surface area contributed by atoms with Crippen molar-refractivity contribution in [2.75, 3.05) is 31.4 Å². The molecule has 0 aliphatic carbocycles. The predicted octanol–water partition coefficient (Wildman–Crippen LogP) is 5.68.